The minimum atomic E-state index is -0.558. The van der Waals surface area contributed by atoms with E-state index in [0.29, 0.717) is 47.6 Å². The predicted molar refractivity (Wildman–Crippen MR) is 136 cm³/mol. The number of nitrogens with zero attached hydrogens (tertiary/aromatic N) is 3. The molecule has 4 aromatic rings. The Labute approximate surface area is 209 Å². The Hall–Kier alpha value is -3.94. The number of rotatable bonds is 4. The van der Waals surface area contributed by atoms with Crippen LogP contribution in [0.15, 0.2) is 55.0 Å². The van der Waals surface area contributed by atoms with Gasteiger partial charge in [-0.05, 0) is 58.0 Å². The molecule has 1 amide bonds. The number of likely N-dealkylation sites (tertiary alicyclic amines) is 1. The zero-order chi connectivity index (χ0) is 25.4. The molecule has 1 atom stereocenters. The molecule has 0 aliphatic carbocycles. The van der Waals surface area contributed by atoms with E-state index in [2.05, 4.69) is 15.0 Å². The molecule has 186 valence electrons. The van der Waals surface area contributed by atoms with Crippen molar-refractivity contribution < 1.29 is 18.7 Å². The van der Waals surface area contributed by atoms with Crippen LogP contribution in [0, 0.1) is 12.7 Å². The second kappa shape index (κ2) is 9.26. The van der Waals surface area contributed by atoms with Gasteiger partial charge in [0.25, 0.3) is 0 Å². The molecule has 1 aromatic carbocycles. The minimum Gasteiger partial charge on any atom is -0.486 e. The van der Waals surface area contributed by atoms with Gasteiger partial charge in [-0.25, -0.2) is 9.18 Å². The van der Waals surface area contributed by atoms with Gasteiger partial charge in [-0.1, -0.05) is 11.6 Å². The van der Waals surface area contributed by atoms with Crippen LogP contribution in [0.5, 0.6) is 5.75 Å². The number of aromatic amines is 1. The Bertz CT molecular complexity index is 1430. The fraction of sp³-hybridized carbons (Fsp3) is 0.321. The third kappa shape index (κ3) is 4.76. The molecule has 0 radical (unpaired) electrons. The third-order valence-corrected chi connectivity index (χ3v) is 6.09. The molecule has 5 rings (SSSR count). The molecular weight excluding hydrogens is 459 g/mol. The molecule has 1 saturated heterocycles. The van der Waals surface area contributed by atoms with Crippen LogP contribution < -0.4 is 4.74 Å². The molecule has 1 aliphatic rings. The first-order valence-corrected chi connectivity index (χ1v) is 12.0. The number of halogens is 1. The highest BCUT2D eigenvalue weighted by Crippen LogP contribution is 2.42. The van der Waals surface area contributed by atoms with Crippen molar-refractivity contribution in [3.63, 3.8) is 0 Å². The molecule has 4 heterocycles. The quantitative estimate of drug-likeness (QED) is 0.374. The Morgan fingerprint density at radius 3 is 2.81 bits per heavy atom. The van der Waals surface area contributed by atoms with Crippen molar-refractivity contribution in [1.29, 1.82) is 0 Å². The van der Waals surface area contributed by atoms with Gasteiger partial charge in [0.15, 0.2) is 0 Å². The SMILES string of the molecule is Cc1ccc(F)c(-c2c(-c3ccncc3O[C@@H]3CCN(C(=O)OC(C)(C)C)C3)[nH]c3cccnc23)c1. The van der Waals surface area contributed by atoms with E-state index in [4.69, 9.17) is 9.47 Å². The van der Waals surface area contributed by atoms with Crippen molar-refractivity contribution >= 4 is 17.1 Å². The van der Waals surface area contributed by atoms with Crippen molar-refractivity contribution in [3.05, 3.63) is 66.4 Å². The molecule has 36 heavy (non-hydrogen) atoms. The van der Waals surface area contributed by atoms with E-state index in [1.807, 2.05) is 52.0 Å². The number of hydrogen-bond donors (Lipinski definition) is 1. The molecule has 0 bridgehead atoms. The van der Waals surface area contributed by atoms with Gasteiger partial charge in [0.1, 0.15) is 23.3 Å². The van der Waals surface area contributed by atoms with Crippen LogP contribution in [-0.2, 0) is 4.74 Å². The number of benzene rings is 1. The highest BCUT2D eigenvalue weighted by atomic mass is 19.1. The van der Waals surface area contributed by atoms with Crippen LogP contribution in [0.25, 0.3) is 33.4 Å². The standard InChI is InChI=1S/C28H29FN4O3/c1-17-7-8-21(29)20(14-17)24-25(32-22-6-5-11-31-26(22)24)19-9-12-30-15-23(19)35-18-10-13-33(16-18)27(34)36-28(2,3)4/h5-9,11-12,14-15,18,32H,10,13,16H2,1-4H3/t18-/m1/s1. The second-order valence-corrected chi connectivity index (χ2v) is 10.1. The van der Waals surface area contributed by atoms with E-state index in [-0.39, 0.29) is 18.0 Å². The molecule has 0 spiro atoms. The van der Waals surface area contributed by atoms with Gasteiger partial charge in [-0.15, -0.1) is 0 Å². The molecule has 0 unspecified atom stereocenters. The molecular formula is C28H29FN4O3. The van der Waals surface area contributed by atoms with E-state index in [9.17, 15) is 4.79 Å². The molecule has 0 saturated carbocycles. The van der Waals surface area contributed by atoms with Crippen molar-refractivity contribution in [3.8, 4) is 28.1 Å². The van der Waals surface area contributed by atoms with Crippen LogP contribution in [0.3, 0.4) is 0 Å². The summed E-state index contributed by atoms with van der Waals surface area (Å²) < 4.78 is 27.0. The average Bonchev–Trinajstić information content (AvgIpc) is 3.45. The van der Waals surface area contributed by atoms with E-state index < -0.39 is 5.60 Å². The fourth-order valence-corrected chi connectivity index (χ4v) is 4.49. The number of carbonyl (C=O) groups is 1. The van der Waals surface area contributed by atoms with E-state index in [0.717, 1.165) is 16.6 Å². The predicted octanol–water partition coefficient (Wildman–Crippen LogP) is 6.13. The highest BCUT2D eigenvalue weighted by Gasteiger charge is 2.32. The van der Waals surface area contributed by atoms with Crippen molar-refractivity contribution in [1.82, 2.24) is 19.9 Å². The summed E-state index contributed by atoms with van der Waals surface area (Å²) in [6, 6.07) is 10.7. The number of carbonyl (C=O) groups excluding carboxylic acids is 1. The van der Waals surface area contributed by atoms with Gasteiger partial charge in [0, 0.05) is 42.0 Å². The summed E-state index contributed by atoms with van der Waals surface area (Å²) in [5.41, 5.74) is 4.45. The topological polar surface area (TPSA) is 80.3 Å². The number of amides is 1. The lowest BCUT2D eigenvalue weighted by Gasteiger charge is -2.24. The maximum Gasteiger partial charge on any atom is 0.410 e. The van der Waals surface area contributed by atoms with Crippen LogP contribution in [0.1, 0.15) is 32.8 Å². The van der Waals surface area contributed by atoms with Crippen LogP contribution in [0.2, 0.25) is 0 Å². The first-order chi connectivity index (χ1) is 17.2. The normalized spacial score (nSPS) is 15.9. The highest BCUT2D eigenvalue weighted by molar-refractivity contribution is 6.02. The fourth-order valence-electron chi connectivity index (χ4n) is 4.49. The summed E-state index contributed by atoms with van der Waals surface area (Å²) >= 11 is 0. The monoisotopic (exact) mass is 488 g/mol. The largest absolute Gasteiger partial charge is 0.486 e. The van der Waals surface area contributed by atoms with Gasteiger partial charge in [0.2, 0.25) is 0 Å². The van der Waals surface area contributed by atoms with Crippen LogP contribution in [0.4, 0.5) is 9.18 Å². The maximum atomic E-state index is 15.1. The number of hydrogen-bond acceptors (Lipinski definition) is 5. The molecule has 8 heteroatoms. The summed E-state index contributed by atoms with van der Waals surface area (Å²) in [7, 11) is 0. The number of nitrogens with one attached hydrogen (secondary N) is 1. The minimum absolute atomic E-state index is 0.220. The van der Waals surface area contributed by atoms with E-state index in [1.165, 1.54) is 6.07 Å². The second-order valence-electron chi connectivity index (χ2n) is 10.1. The lowest BCUT2D eigenvalue weighted by atomic mass is 9.98. The van der Waals surface area contributed by atoms with Gasteiger partial charge in [-0.2, -0.15) is 0 Å². The number of aromatic nitrogens is 3. The number of H-pyrrole nitrogens is 1. The first kappa shape index (κ1) is 23.8. The molecule has 3 aromatic heterocycles. The van der Waals surface area contributed by atoms with E-state index in [1.54, 1.807) is 29.6 Å². The van der Waals surface area contributed by atoms with Crippen LogP contribution >= 0.6 is 0 Å². The molecule has 1 aliphatic heterocycles. The summed E-state index contributed by atoms with van der Waals surface area (Å²) in [5.74, 6) is 0.225. The zero-order valence-electron chi connectivity index (χ0n) is 20.8. The first-order valence-electron chi connectivity index (χ1n) is 12.0. The van der Waals surface area contributed by atoms with Gasteiger partial charge >= 0.3 is 6.09 Å². The Balaban J connectivity index is 1.51. The molecule has 1 fully saturated rings. The van der Waals surface area contributed by atoms with Gasteiger partial charge < -0.3 is 19.4 Å². The number of fused-ring (bicyclic) bond motifs is 1. The van der Waals surface area contributed by atoms with E-state index >= 15 is 4.39 Å². The average molecular weight is 489 g/mol. The van der Waals surface area contributed by atoms with Gasteiger partial charge in [-0.3, -0.25) is 9.97 Å². The summed E-state index contributed by atoms with van der Waals surface area (Å²) in [6.45, 7) is 8.44. The Morgan fingerprint density at radius 1 is 1.17 bits per heavy atom. The summed E-state index contributed by atoms with van der Waals surface area (Å²) in [4.78, 5) is 26.4. The van der Waals surface area contributed by atoms with Gasteiger partial charge in [0.05, 0.1) is 29.5 Å². The summed E-state index contributed by atoms with van der Waals surface area (Å²) in [6.07, 6.45) is 5.13. The summed E-state index contributed by atoms with van der Waals surface area (Å²) in [5, 5.41) is 0. The number of aryl methyl sites for hydroxylation is 1. The Morgan fingerprint density at radius 2 is 2.00 bits per heavy atom. The lowest BCUT2D eigenvalue weighted by Crippen LogP contribution is -2.36. The number of ether oxygens (including phenoxy) is 2. The zero-order valence-corrected chi connectivity index (χ0v) is 20.8. The number of pyridine rings is 2. The maximum absolute atomic E-state index is 15.1. The van der Waals surface area contributed by atoms with Crippen molar-refractivity contribution in [2.45, 2.75) is 45.8 Å². The Kier molecular flexibility index (Phi) is 6.12. The molecule has 1 N–H and O–H groups in total. The van der Waals surface area contributed by atoms with Crippen LogP contribution in [-0.4, -0.2) is 50.7 Å². The lowest BCUT2D eigenvalue weighted by molar-refractivity contribution is 0.0276. The molecule has 7 nitrogen and oxygen atoms in total. The van der Waals surface area contributed by atoms with Crippen molar-refractivity contribution in [2.24, 2.45) is 0 Å². The third-order valence-electron chi connectivity index (χ3n) is 6.09. The van der Waals surface area contributed by atoms with Crippen molar-refractivity contribution in [2.75, 3.05) is 13.1 Å². The smallest absolute Gasteiger partial charge is 0.410 e.